The molecule has 0 radical (unpaired) electrons. The zero-order valence-corrected chi connectivity index (χ0v) is 25.7. The van der Waals surface area contributed by atoms with Crippen LogP contribution in [0.15, 0.2) is 65.8 Å². The summed E-state index contributed by atoms with van der Waals surface area (Å²) in [5, 5.41) is 4.25. The molecule has 0 amide bonds. The van der Waals surface area contributed by atoms with Gasteiger partial charge in [-0.05, 0) is 54.5 Å². The lowest BCUT2D eigenvalue weighted by molar-refractivity contribution is -0.0429. The van der Waals surface area contributed by atoms with E-state index in [-0.39, 0.29) is 28.8 Å². The van der Waals surface area contributed by atoms with Crippen molar-refractivity contribution < 1.29 is 55.0 Å². The maximum absolute atomic E-state index is 12.4. The van der Waals surface area contributed by atoms with Crippen LogP contribution in [0.4, 0.5) is 18.9 Å². The number of benzene rings is 3. The molecular weight excluding hydrogens is 656 g/mol. The lowest BCUT2D eigenvalue weighted by Gasteiger charge is -2.15. The number of hydrogen-bond acceptors (Lipinski definition) is 10. The Morgan fingerprint density at radius 1 is 0.932 bits per heavy atom. The average molecular weight is 681 g/mol. The number of oxime groups is 1. The van der Waals surface area contributed by atoms with Crippen molar-refractivity contribution in [1.29, 1.82) is 0 Å². The quantitative estimate of drug-likeness (QED) is 0.119. The first-order valence-corrected chi connectivity index (χ1v) is 14.3. The molecule has 238 valence electrons. The van der Waals surface area contributed by atoms with E-state index < -0.39 is 38.7 Å². The Morgan fingerprint density at radius 3 is 2.14 bits per heavy atom. The highest BCUT2D eigenvalue weighted by Crippen LogP contribution is 2.36. The van der Waals surface area contributed by atoms with E-state index >= 15 is 0 Å². The SMILES string of the molecule is CCO/N=C(\OC(=O)c1ccccc1)c1c(OC)ccc(Cl)c1OC.COC(=O)c1cc(Cl)ccc1NS(=O)(=O)C(F)(F)F. The maximum Gasteiger partial charge on any atom is 0.516 e. The van der Waals surface area contributed by atoms with E-state index in [9.17, 15) is 31.2 Å². The normalized spacial score (nSPS) is 11.4. The molecule has 0 saturated carbocycles. The molecule has 0 saturated heterocycles. The van der Waals surface area contributed by atoms with E-state index in [1.54, 1.807) is 49.4 Å². The van der Waals surface area contributed by atoms with Crippen molar-refractivity contribution in [2.75, 3.05) is 32.7 Å². The minimum Gasteiger partial charge on any atom is -0.496 e. The molecule has 3 aromatic rings. The van der Waals surface area contributed by atoms with E-state index in [1.165, 1.54) is 18.9 Å². The summed E-state index contributed by atoms with van der Waals surface area (Å²) in [5.41, 5.74) is -5.85. The molecule has 0 fully saturated rings. The van der Waals surface area contributed by atoms with Gasteiger partial charge in [-0.25, -0.2) is 9.59 Å². The molecule has 3 aromatic carbocycles. The molecule has 0 aliphatic rings. The van der Waals surface area contributed by atoms with Crippen LogP contribution >= 0.6 is 23.2 Å². The Hall–Kier alpha value is -4.21. The largest absolute Gasteiger partial charge is 0.516 e. The summed E-state index contributed by atoms with van der Waals surface area (Å²) in [4.78, 5) is 28.8. The van der Waals surface area contributed by atoms with Crippen molar-refractivity contribution in [3.63, 3.8) is 0 Å². The number of halogens is 5. The molecule has 3 rings (SSSR count). The van der Waals surface area contributed by atoms with Gasteiger partial charge in [-0.1, -0.05) is 41.4 Å². The highest BCUT2D eigenvalue weighted by atomic mass is 35.5. The second-order valence-corrected chi connectivity index (χ2v) is 10.5. The zero-order valence-electron chi connectivity index (χ0n) is 23.4. The summed E-state index contributed by atoms with van der Waals surface area (Å²) in [6.45, 7) is 2.05. The Kier molecular flexibility index (Phi) is 13.1. The maximum atomic E-state index is 12.4. The molecular formula is C27H25Cl2F3N2O9S. The number of rotatable bonds is 9. The minimum atomic E-state index is -5.63. The standard InChI is InChI=1S/C18H18ClNO5.C9H7ClF3NO4S/c1-4-24-20-17(25-18(21)12-8-6-5-7-9-12)15-14(22-2)11-10-13(19)16(15)23-3;1-18-8(15)6-4-5(10)2-3-7(6)14-19(16,17)9(11,12)13/h5-11H,4H2,1-3H3;2-4,14H,1H3/b20-17-;. The first-order chi connectivity index (χ1) is 20.7. The first-order valence-electron chi connectivity index (χ1n) is 12.1. The molecule has 0 aliphatic carbocycles. The summed E-state index contributed by atoms with van der Waals surface area (Å²) in [6.07, 6.45) is 0. The number of nitrogens with zero attached hydrogens (tertiary/aromatic N) is 1. The molecule has 0 spiro atoms. The van der Waals surface area contributed by atoms with E-state index in [0.717, 1.165) is 25.3 Å². The van der Waals surface area contributed by atoms with E-state index in [0.29, 0.717) is 16.3 Å². The molecule has 0 atom stereocenters. The van der Waals surface area contributed by atoms with Gasteiger partial charge in [0.15, 0.2) is 5.75 Å². The fourth-order valence-electron chi connectivity index (χ4n) is 3.16. The predicted molar refractivity (Wildman–Crippen MR) is 156 cm³/mol. The third-order valence-corrected chi connectivity index (χ3v) is 6.75. The summed E-state index contributed by atoms with van der Waals surface area (Å²) < 4.78 is 80.2. The van der Waals surface area contributed by atoms with Crippen molar-refractivity contribution in [2.45, 2.75) is 12.4 Å². The number of ether oxygens (including phenoxy) is 4. The van der Waals surface area contributed by atoms with E-state index in [2.05, 4.69) is 9.89 Å². The van der Waals surface area contributed by atoms with Crippen LogP contribution in [0.5, 0.6) is 11.5 Å². The van der Waals surface area contributed by atoms with E-state index in [1.807, 2.05) is 0 Å². The second kappa shape index (κ2) is 16.0. The van der Waals surface area contributed by atoms with Crippen LogP contribution in [-0.4, -0.2) is 59.7 Å². The van der Waals surface area contributed by atoms with Gasteiger partial charge in [0.05, 0.1) is 43.2 Å². The monoisotopic (exact) mass is 680 g/mol. The molecule has 0 bridgehead atoms. The molecule has 0 aromatic heterocycles. The number of anilines is 1. The van der Waals surface area contributed by atoms with Gasteiger partial charge in [0.25, 0.3) is 5.90 Å². The molecule has 11 nitrogen and oxygen atoms in total. The van der Waals surface area contributed by atoms with Crippen LogP contribution in [-0.2, 0) is 24.3 Å². The summed E-state index contributed by atoms with van der Waals surface area (Å²) in [6, 6.07) is 14.8. The van der Waals surface area contributed by atoms with Crippen LogP contribution in [0.2, 0.25) is 10.0 Å². The topological polar surface area (TPSA) is 139 Å². The molecule has 17 heteroatoms. The van der Waals surface area contributed by atoms with Crippen LogP contribution in [0.3, 0.4) is 0 Å². The van der Waals surface area contributed by atoms with Crippen molar-refractivity contribution >= 4 is 56.7 Å². The number of hydrogen-bond donors (Lipinski definition) is 1. The summed E-state index contributed by atoms with van der Waals surface area (Å²) >= 11 is 11.7. The van der Waals surface area contributed by atoms with Crippen LogP contribution in [0.25, 0.3) is 0 Å². The fourth-order valence-corrected chi connectivity index (χ4v) is 4.15. The number of sulfonamides is 1. The Labute approximate surface area is 260 Å². The van der Waals surface area contributed by atoms with Crippen molar-refractivity contribution in [3.8, 4) is 11.5 Å². The molecule has 0 heterocycles. The number of alkyl halides is 3. The number of esters is 2. The number of carbonyl (C=O) groups excluding carboxylic acids is 2. The van der Waals surface area contributed by atoms with Gasteiger partial charge >= 0.3 is 27.5 Å². The van der Waals surface area contributed by atoms with Gasteiger partial charge in [0, 0.05) is 5.02 Å². The zero-order chi connectivity index (χ0) is 33.1. The Balaban J connectivity index is 0.000000319. The highest BCUT2D eigenvalue weighted by Gasteiger charge is 2.46. The number of methoxy groups -OCH3 is 3. The highest BCUT2D eigenvalue weighted by molar-refractivity contribution is 7.93. The smallest absolute Gasteiger partial charge is 0.496 e. The van der Waals surface area contributed by atoms with Crippen molar-refractivity contribution in [2.24, 2.45) is 5.16 Å². The van der Waals surface area contributed by atoms with E-state index in [4.69, 9.17) is 42.3 Å². The second-order valence-electron chi connectivity index (χ2n) is 7.96. The lowest BCUT2D eigenvalue weighted by Crippen LogP contribution is -2.30. The van der Waals surface area contributed by atoms with Gasteiger partial charge in [0.2, 0.25) is 0 Å². The fraction of sp³-hybridized carbons (Fsp3) is 0.222. The number of nitrogens with one attached hydrogen (secondary N) is 1. The molecule has 44 heavy (non-hydrogen) atoms. The number of carbonyl (C=O) groups is 2. The van der Waals surface area contributed by atoms with Gasteiger partial charge in [-0.15, -0.1) is 0 Å². The molecule has 0 aliphatic heterocycles. The van der Waals surface area contributed by atoms with Crippen LogP contribution in [0.1, 0.15) is 33.2 Å². The summed E-state index contributed by atoms with van der Waals surface area (Å²) in [5.74, 6) is -1.08. The average Bonchev–Trinajstić information content (AvgIpc) is 2.99. The summed E-state index contributed by atoms with van der Waals surface area (Å²) in [7, 11) is -1.72. The third-order valence-electron chi connectivity index (χ3n) is 5.12. The minimum absolute atomic E-state index is 0.0374. The van der Waals surface area contributed by atoms with Crippen molar-refractivity contribution in [3.05, 3.63) is 87.4 Å². The predicted octanol–water partition coefficient (Wildman–Crippen LogP) is 6.30. The van der Waals surface area contributed by atoms with Gasteiger partial charge in [-0.2, -0.15) is 21.6 Å². The molecule has 0 unspecified atom stereocenters. The van der Waals surface area contributed by atoms with Crippen LogP contribution in [0, 0.1) is 0 Å². The van der Waals surface area contributed by atoms with Crippen LogP contribution < -0.4 is 14.2 Å². The van der Waals surface area contributed by atoms with Crippen molar-refractivity contribution in [1.82, 2.24) is 0 Å². The van der Waals surface area contributed by atoms with Gasteiger partial charge in [-0.3, -0.25) is 4.72 Å². The van der Waals surface area contributed by atoms with Gasteiger partial charge < -0.3 is 23.8 Å². The molecule has 1 N–H and O–H groups in total. The Morgan fingerprint density at radius 2 is 1.59 bits per heavy atom. The lowest BCUT2D eigenvalue weighted by atomic mass is 10.1. The Bertz CT molecular complexity index is 1600. The van der Waals surface area contributed by atoms with Gasteiger partial charge in [0.1, 0.15) is 17.9 Å². The third kappa shape index (κ3) is 9.39. The first kappa shape index (κ1) is 36.0.